The number of nitrogens with zero attached hydrogens (tertiary/aromatic N) is 2. The van der Waals surface area contributed by atoms with Crippen LogP contribution in [0.2, 0.25) is 0 Å². The molecule has 0 aliphatic carbocycles. The van der Waals surface area contributed by atoms with E-state index in [1.807, 2.05) is 12.1 Å². The van der Waals surface area contributed by atoms with Gasteiger partial charge in [0, 0.05) is 39.3 Å². The number of sulfonamides is 2. The third kappa shape index (κ3) is 6.03. The van der Waals surface area contributed by atoms with Gasteiger partial charge in [0.1, 0.15) is 0 Å². The molecule has 0 bridgehead atoms. The molecule has 1 fully saturated rings. The van der Waals surface area contributed by atoms with Crippen LogP contribution in [0.4, 0.5) is 0 Å². The summed E-state index contributed by atoms with van der Waals surface area (Å²) in [6.45, 7) is 5.07. The fraction of sp³-hybridized carbons (Fsp3) is 0.625. The van der Waals surface area contributed by atoms with Gasteiger partial charge in [0.15, 0.2) is 0 Å². The minimum Gasteiger partial charge on any atom is -0.299 e. The first-order valence-corrected chi connectivity index (χ1v) is 11.8. The molecule has 1 aromatic rings. The SMILES string of the molecule is CCCc1ccc(S(=O)(=O)NCCN2CCN(S(C)(=O)=O)CC2)cc1. The van der Waals surface area contributed by atoms with Gasteiger partial charge in [-0.1, -0.05) is 25.5 Å². The van der Waals surface area contributed by atoms with E-state index in [2.05, 4.69) is 16.5 Å². The van der Waals surface area contributed by atoms with Gasteiger partial charge in [-0.2, -0.15) is 4.31 Å². The fourth-order valence-electron chi connectivity index (χ4n) is 2.83. The molecule has 1 heterocycles. The second-order valence-corrected chi connectivity index (χ2v) is 10.0. The molecule has 0 unspecified atom stereocenters. The van der Waals surface area contributed by atoms with E-state index in [1.54, 1.807) is 12.1 Å². The molecular formula is C16H27N3O4S2. The van der Waals surface area contributed by atoms with Gasteiger partial charge in [-0.15, -0.1) is 0 Å². The van der Waals surface area contributed by atoms with Crippen LogP contribution in [0.5, 0.6) is 0 Å². The van der Waals surface area contributed by atoms with E-state index in [-0.39, 0.29) is 4.90 Å². The molecule has 1 saturated heterocycles. The highest BCUT2D eigenvalue weighted by molar-refractivity contribution is 7.89. The number of benzene rings is 1. The molecule has 2 rings (SSSR count). The van der Waals surface area contributed by atoms with Crippen molar-refractivity contribution in [1.29, 1.82) is 0 Å². The summed E-state index contributed by atoms with van der Waals surface area (Å²) in [7, 11) is -6.65. The van der Waals surface area contributed by atoms with Gasteiger partial charge in [0.25, 0.3) is 0 Å². The summed E-state index contributed by atoms with van der Waals surface area (Å²) in [5.74, 6) is 0. The van der Waals surface area contributed by atoms with E-state index in [1.165, 1.54) is 10.6 Å². The molecule has 142 valence electrons. The van der Waals surface area contributed by atoms with E-state index in [4.69, 9.17) is 0 Å². The van der Waals surface area contributed by atoms with Crippen LogP contribution < -0.4 is 4.72 Å². The molecule has 0 saturated carbocycles. The fourth-order valence-corrected chi connectivity index (χ4v) is 4.68. The lowest BCUT2D eigenvalue weighted by molar-refractivity contribution is 0.192. The number of rotatable bonds is 8. The van der Waals surface area contributed by atoms with Crippen molar-refractivity contribution in [2.75, 3.05) is 45.5 Å². The van der Waals surface area contributed by atoms with Crippen LogP contribution in [-0.2, 0) is 26.5 Å². The predicted octanol–water partition coefficient (Wildman–Crippen LogP) is 0.495. The Kier molecular flexibility index (Phi) is 6.98. The van der Waals surface area contributed by atoms with Crippen molar-refractivity contribution in [2.24, 2.45) is 0 Å². The zero-order valence-electron chi connectivity index (χ0n) is 14.8. The van der Waals surface area contributed by atoms with E-state index in [9.17, 15) is 16.8 Å². The van der Waals surface area contributed by atoms with Crippen LogP contribution in [-0.4, -0.2) is 71.6 Å². The molecule has 0 radical (unpaired) electrons. The van der Waals surface area contributed by atoms with Gasteiger partial charge < -0.3 is 0 Å². The number of aryl methyl sites for hydroxylation is 1. The summed E-state index contributed by atoms with van der Waals surface area (Å²) in [6.07, 6.45) is 3.17. The Morgan fingerprint density at radius 3 is 2.12 bits per heavy atom. The van der Waals surface area contributed by atoms with E-state index in [0.717, 1.165) is 18.4 Å². The Labute approximate surface area is 151 Å². The second-order valence-electron chi connectivity index (χ2n) is 6.30. The Morgan fingerprint density at radius 1 is 1.00 bits per heavy atom. The Bertz CT molecular complexity index is 753. The summed E-state index contributed by atoms with van der Waals surface area (Å²) >= 11 is 0. The summed E-state index contributed by atoms with van der Waals surface area (Å²) in [5, 5.41) is 0. The highest BCUT2D eigenvalue weighted by Crippen LogP contribution is 2.12. The van der Waals surface area contributed by atoms with Gasteiger partial charge in [0.05, 0.1) is 11.2 Å². The molecule has 0 atom stereocenters. The van der Waals surface area contributed by atoms with Gasteiger partial charge in [-0.05, 0) is 24.1 Å². The van der Waals surface area contributed by atoms with Gasteiger partial charge in [-0.3, -0.25) is 4.90 Å². The monoisotopic (exact) mass is 389 g/mol. The molecule has 1 N–H and O–H groups in total. The molecule has 0 amide bonds. The first kappa shape index (κ1) is 20.3. The van der Waals surface area contributed by atoms with Crippen molar-refractivity contribution in [1.82, 2.24) is 13.9 Å². The molecule has 0 spiro atoms. The van der Waals surface area contributed by atoms with Crippen LogP contribution in [0.25, 0.3) is 0 Å². The van der Waals surface area contributed by atoms with Crippen LogP contribution in [0.1, 0.15) is 18.9 Å². The average molecular weight is 390 g/mol. The lowest BCUT2D eigenvalue weighted by atomic mass is 10.1. The Morgan fingerprint density at radius 2 is 1.60 bits per heavy atom. The number of hydrogen-bond acceptors (Lipinski definition) is 5. The quantitative estimate of drug-likeness (QED) is 0.699. The average Bonchev–Trinajstić information content (AvgIpc) is 2.55. The third-order valence-corrected chi connectivity index (χ3v) is 7.07. The highest BCUT2D eigenvalue weighted by atomic mass is 32.2. The summed E-state index contributed by atoms with van der Waals surface area (Å²) in [6, 6.07) is 6.97. The minimum atomic E-state index is -3.51. The molecular weight excluding hydrogens is 362 g/mol. The molecule has 1 aromatic carbocycles. The Balaban J connectivity index is 1.81. The van der Waals surface area contributed by atoms with E-state index in [0.29, 0.717) is 39.3 Å². The van der Waals surface area contributed by atoms with E-state index >= 15 is 0 Å². The number of hydrogen-bond donors (Lipinski definition) is 1. The first-order valence-electron chi connectivity index (χ1n) is 8.48. The van der Waals surface area contributed by atoms with Crippen LogP contribution in [0, 0.1) is 0 Å². The van der Waals surface area contributed by atoms with E-state index < -0.39 is 20.0 Å². The molecule has 7 nitrogen and oxygen atoms in total. The molecule has 1 aliphatic rings. The van der Waals surface area contributed by atoms with Crippen molar-refractivity contribution in [3.05, 3.63) is 29.8 Å². The lowest BCUT2D eigenvalue weighted by Crippen LogP contribution is -2.49. The number of piperazine rings is 1. The maximum atomic E-state index is 12.3. The zero-order chi connectivity index (χ0) is 18.5. The standard InChI is InChI=1S/C16H27N3O4S2/c1-3-4-15-5-7-16(8-6-15)25(22,23)17-9-10-18-11-13-19(14-12-18)24(2,20)21/h5-8,17H,3-4,9-14H2,1-2H3. The van der Waals surface area contributed by atoms with Gasteiger partial charge in [0.2, 0.25) is 20.0 Å². The lowest BCUT2D eigenvalue weighted by Gasteiger charge is -2.33. The highest BCUT2D eigenvalue weighted by Gasteiger charge is 2.23. The Hall–Kier alpha value is -1.00. The smallest absolute Gasteiger partial charge is 0.240 e. The van der Waals surface area contributed by atoms with Gasteiger partial charge in [-0.25, -0.2) is 21.6 Å². The van der Waals surface area contributed by atoms with Crippen molar-refractivity contribution < 1.29 is 16.8 Å². The normalized spacial score (nSPS) is 17.7. The number of nitrogens with one attached hydrogen (secondary N) is 1. The van der Waals surface area contributed by atoms with Crippen molar-refractivity contribution in [2.45, 2.75) is 24.7 Å². The topological polar surface area (TPSA) is 86.8 Å². The van der Waals surface area contributed by atoms with Crippen molar-refractivity contribution in [3.63, 3.8) is 0 Å². The first-order chi connectivity index (χ1) is 11.7. The molecule has 25 heavy (non-hydrogen) atoms. The summed E-state index contributed by atoms with van der Waals surface area (Å²) in [5.41, 5.74) is 1.13. The second kappa shape index (κ2) is 8.59. The predicted molar refractivity (Wildman–Crippen MR) is 98.5 cm³/mol. The third-order valence-electron chi connectivity index (χ3n) is 4.29. The van der Waals surface area contributed by atoms with Crippen LogP contribution in [0.15, 0.2) is 29.2 Å². The van der Waals surface area contributed by atoms with Crippen molar-refractivity contribution >= 4 is 20.0 Å². The maximum absolute atomic E-state index is 12.3. The largest absolute Gasteiger partial charge is 0.299 e. The van der Waals surface area contributed by atoms with Crippen LogP contribution >= 0.6 is 0 Å². The minimum absolute atomic E-state index is 0.272. The molecule has 1 aliphatic heterocycles. The van der Waals surface area contributed by atoms with Crippen molar-refractivity contribution in [3.8, 4) is 0 Å². The molecule has 0 aromatic heterocycles. The summed E-state index contributed by atoms with van der Waals surface area (Å²) in [4.78, 5) is 2.34. The van der Waals surface area contributed by atoms with Crippen LogP contribution in [0.3, 0.4) is 0 Å². The maximum Gasteiger partial charge on any atom is 0.240 e. The zero-order valence-corrected chi connectivity index (χ0v) is 16.4. The summed E-state index contributed by atoms with van der Waals surface area (Å²) < 4.78 is 51.6. The van der Waals surface area contributed by atoms with Gasteiger partial charge >= 0.3 is 0 Å². The molecule has 9 heteroatoms.